The lowest BCUT2D eigenvalue weighted by molar-refractivity contribution is 0.309. The van der Waals surface area contributed by atoms with Gasteiger partial charge in [0.25, 0.3) is 0 Å². The van der Waals surface area contributed by atoms with E-state index in [2.05, 4.69) is 31.7 Å². The van der Waals surface area contributed by atoms with Crippen LogP contribution in [0.4, 0.5) is 4.39 Å². The van der Waals surface area contributed by atoms with Crippen molar-refractivity contribution in [2.24, 2.45) is 5.92 Å². The van der Waals surface area contributed by atoms with E-state index >= 15 is 4.39 Å². The second-order valence-electron chi connectivity index (χ2n) is 7.35. The van der Waals surface area contributed by atoms with Crippen LogP contribution in [0.2, 0.25) is 0 Å². The molecule has 0 aliphatic heterocycles. The van der Waals surface area contributed by atoms with Gasteiger partial charge >= 0.3 is 0 Å². The standard InChI is InChI=1S/C22H27FOS2/c1-3-6-14-9-11-16(12-10-14)17-7-5-8-18-19(17)13-15(4-2)21(20(18)23)24-22(25)26/h5,7-8,13-14,16H,3-4,6,9-12H2,1-2H3,(H,25,26)/t14-,16-. The highest BCUT2D eigenvalue weighted by atomic mass is 32.1. The summed E-state index contributed by atoms with van der Waals surface area (Å²) in [5, 5.41) is 1.65. The molecule has 3 rings (SSSR count). The summed E-state index contributed by atoms with van der Waals surface area (Å²) < 4.78 is 20.6. The number of benzene rings is 2. The van der Waals surface area contributed by atoms with Crippen molar-refractivity contribution >= 4 is 40.0 Å². The molecule has 2 aromatic carbocycles. The lowest BCUT2D eigenvalue weighted by atomic mass is 9.76. The van der Waals surface area contributed by atoms with E-state index in [1.165, 1.54) is 44.1 Å². The molecule has 0 radical (unpaired) electrons. The first-order valence-electron chi connectivity index (χ1n) is 9.69. The maximum atomic E-state index is 15.2. The zero-order valence-electron chi connectivity index (χ0n) is 15.6. The molecule has 1 aliphatic rings. The lowest BCUT2D eigenvalue weighted by Gasteiger charge is -2.29. The van der Waals surface area contributed by atoms with Crippen LogP contribution in [0, 0.1) is 11.7 Å². The number of thiocarbonyl (C=S) groups is 1. The van der Waals surface area contributed by atoms with Gasteiger partial charge in [-0.25, -0.2) is 4.39 Å². The number of thiol groups is 1. The van der Waals surface area contributed by atoms with Gasteiger partial charge in [-0.15, -0.1) is 0 Å². The first-order chi connectivity index (χ1) is 12.5. The van der Waals surface area contributed by atoms with Crippen molar-refractivity contribution in [3.05, 3.63) is 41.2 Å². The quantitative estimate of drug-likeness (QED) is 0.427. The van der Waals surface area contributed by atoms with Crippen molar-refractivity contribution < 1.29 is 9.13 Å². The van der Waals surface area contributed by atoms with Crippen LogP contribution in [0.5, 0.6) is 5.75 Å². The van der Waals surface area contributed by atoms with Crippen LogP contribution in [0.1, 0.15) is 69.4 Å². The third-order valence-electron chi connectivity index (χ3n) is 5.74. The highest BCUT2D eigenvalue weighted by Gasteiger charge is 2.25. The van der Waals surface area contributed by atoms with Crippen LogP contribution in [0.3, 0.4) is 0 Å². The molecule has 4 heteroatoms. The molecule has 140 valence electrons. The number of ether oxygens (including phenoxy) is 1. The molecule has 0 aromatic heterocycles. The highest BCUT2D eigenvalue weighted by molar-refractivity contribution is 8.10. The van der Waals surface area contributed by atoms with Gasteiger partial charge < -0.3 is 4.74 Å². The van der Waals surface area contributed by atoms with Crippen LogP contribution in [0.25, 0.3) is 10.8 Å². The Labute approximate surface area is 166 Å². The molecule has 0 atom stereocenters. The van der Waals surface area contributed by atoms with Crippen molar-refractivity contribution in [3.8, 4) is 5.75 Å². The Morgan fingerprint density at radius 2 is 1.92 bits per heavy atom. The zero-order chi connectivity index (χ0) is 18.7. The highest BCUT2D eigenvalue weighted by Crippen LogP contribution is 2.42. The minimum absolute atomic E-state index is 0.0448. The van der Waals surface area contributed by atoms with E-state index in [4.69, 9.17) is 17.0 Å². The Morgan fingerprint density at radius 1 is 1.19 bits per heavy atom. The summed E-state index contributed by atoms with van der Waals surface area (Å²) in [7, 11) is 0. The minimum atomic E-state index is -0.322. The number of halogens is 1. The largest absolute Gasteiger partial charge is 0.437 e. The number of aryl methyl sites for hydroxylation is 1. The Hall–Kier alpha value is -1.13. The van der Waals surface area contributed by atoms with Gasteiger partial charge in [0.05, 0.1) is 0 Å². The van der Waals surface area contributed by atoms with Gasteiger partial charge in [-0.05, 0) is 78.7 Å². The Bertz CT molecular complexity index is 794. The molecular formula is C22H27FOS2. The van der Waals surface area contributed by atoms with Gasteiger partial charge in [-0.2, -0.15) is 0 Å². The van der Waals surface area contributed by atoms with Crippen LogP contribution in [-0.2, 0) is 6.42 Å². The first kappa shape index (κ1) is 19.6. The number of fused-ring (bicyclic) bond motifs is 1. The van der Waals surface area contributed by atoms with Crippen LogP contribution in [-0.4, -0.2) is 4.38 Å². The van der Waals surface area contributed by atoms with Gasteiger partial charge in [-0.3, -0.25) is 0 Å². The smallest absolute Gasteiger partial charge is 0.222 e. The summed E-state index contributed by atoms with van der Waals surface area (Å²) in [6.45, 7) is 4.27. The van der Waals surface area contributed by atoms with Gasteiger partial charge in [0.1, 0.15) is 0 Å². The van der Waals surface area contributed by atoms with Crippen LogP contribution >= 0.6 is 24.8 Å². The molecule has 0 N–H and O–H groups in total. The zero-order valence-corrected chi connectivity index (χ0v) is 17.3. The third-order valence-corrected chi connectivity index (χ3v) is 5.91. The van der Waals surface area contributed by atoms with Crippen molar-refractivity contribution in [1.29, 1.82) is 0 Å². The van der Waals surface area contributed by atoms with E-state index in [9.17, 15) is 0 Å². The second kappa shape index (κ2) is 8.71. The fourth-order valence-corrected chi connectivity index (χ4v) is 4.60. The van der Waals surface area contributed by atoms with Crippen molar-refractivity contribution in [2.45, 2.75) is 64.7 Å². The molecule has 0 bridgehead atoms. The molecule has 1 fully saturated rings. The van der Waals surface area contributed by atoms with E-state index in [0.29, 0.717) is 17.7 Å². The Morgan fingerprint density at radius 3 is 2.54 bits per heavy atom. The average Bonchev–Trinajstić information content (AvgIpc) is 2.64. The maximum absolute atomic E-state index is 15.2. The molecule has 0 amide bonds. The Kier molecular flexibility index (Phi) is 6.57. The van der Waals surface area contributed by atoms with Gasteiger partial charge in [0.2, 0.25) is 4.38 Å². The number of hydrogen-bond donors (Lipinski definition) is 1. The molecule has 1 aliphatic carbocycles. The SMILES string of the molecule is CCC[C@H]1CC[C@H](c2cccc3c(F)c(OC(=S)S)c(CC)cc32)CC1. The van der Waals surface area contributed by atoms with Gasteiger partial charge in [0.15, 0.2) is 11.6 Å². The van der Waals surface area contributed by atoms with Gasteiger partial charge in [0, 0.05) is 5.39 Å². The van der Waals surface area contributed by atoms with Crippen LogP contribution in [0.15, 0.2) is 24.3 Å². The molecule has 26 heavy (non-hydrogen) atoms. The van der Waals surface area contributed by atoms with Crippen LogP contribution < -0.4 is 4.74 Å². The lowest BCUT2D eigenvalue weighted by Crippen LogP contribution is -2.13. The summed E-state index contributed by atoms with van der Waals surface area (Å²) in [4.78, 5) is 0. The van der Waals surface area contributed by atoms with E-state index in [0.717, 1.165) is 16.9 Å². The van der Waals surface area contributed by atoms with Crippen molar-refractivity contribution in [3.63, 3.8) is 0 Å². The summed E-state index contributed by atoms with van der Waals surface area (Å²) in [5.74, 6) is 1.29. The number of rotatable bonds is 5. The Balaban J connectivity index is 2.00. The summed E-state index contributed by atoms with van der Waals surface area (Å²) in [6, 6.07) is 8.07. The summed E-state index contributed by atoms with van der Waals surface area (Å²) >= 11 is 8.91. The third kappa shape index (κ3) is 4.07. The van der Waals surface area contributed by atoms with E-state index in [1.54, 1.807) is 0 Å². The molecule has 2 aromatic rings. The molecular weight excluding hydrogens is 363 g/mol. The molecule has 0 heterocycles. The van der Waals surface area contributed by atoms with E-state index in [1.807, 2.05) is 19.1 Å². The van der Waals surface area contributed by atoms with E-state index in [-0.39, 0.29) is 15.9 Å². The predicted molar refractivity (Wildman–Crippen MR) is 115 cm³/mol. The summed E-state index contributed by atoms with van der Waals surface area (Å²) in [5.41, 5.74) is 2.13. The van der Waals surface area contributed by atoms with Crippen molar-refractivity contribution in [1.82, 2.24) is 0 Å². The fourth-order valence-electron chi connectivity index (χ4n) is 4.43. The molecule has 0 unspecified atom stereocenters. The summed E-state index contributed by atoms with van der Waals surface area (Å²) in [6.07, 6.45) is 8.26. The maximum Gasteiger partial charge on any atom is 0.222 e. The predicted octanol–water partition coefficient (Wildman–Crippen LogP) is 7.21. The average molecular weight is 391 g/mol. The van der Waals surface area contributed by atoms with Gasteiger partial charge in [-0.1, -0.05) is 57.5 Å². The molecule has 1 nitrogen and oxygen atoms in total. The first-order valence-corrected chi connectivity index (χ1v) is 10.5. The molecule has 0 spiro atoms. The topological polar surface area (TPSA) is 9.23 Å². The van der Waals surface area contributed by atoms with E-state index < -0.39 is 0 Å². The monoisotopic (exact) mass is 390 g/mol. The normalized spacial score (nSPS) is 20.3. The molecule has 1 saturated carbocycles. The number of hydrogen-bond acceptors (Lipinski definition) is 2. The molecule has 0 saturated heterocycles. The second-order valence-corrected chi connectivity index (χ2v) is 8.43. The minimum Gasteiger partial charge on any atom is -0.437 e. The van der Waals surface area contributed by atoms with Crippen molar-refractivity contribution in [2.75, 3.05) is 0 Å². The fraction of sp³-hybridized carbons (Fsp3) is 0.500.